The summed E-state index contributed by atoms with van der Waals surface area (Å²) in [6.07, 6.45) is 0. The van der Waals surface area contributed by atoms with E-state index >= 15 is 0 Å². The van der Waals surface area contributed by atoms with E-state index in [1.54, 1.807) is 26.2 Å². The fourth-order valence-electron chi connectivity index (χ4n) is 1.29. The Hall–Kier alpha value is -1.19. The number of rotatable bonds is 3. The zero-order chi connectivity index (χ0) is 11.6. The van der Waals surface area contributed by atoms with Crippen LogP contribution in [0.1, 0.15) is 22.8 Å². The van der Waals surface area contributed by atoms with Crippen molar-refractivity contribution in [2.75, 3.05) is 14.1 Å². The first-order valence-electron chi connectivity index (χ1n) is 4.87. The van der Waals surface area contributed by atoms with Crippen LogP contribution in [0.15, 0.2) is 24.3 Å². The summed E-state index contributed by atoms with van der Waals surface area (Å²) in [5.41, 5.74) is -0.00706. The molecule has 1 atom stereocenters. The molecule has 0 bridgehead atoms. The van der Waals surface area contributed by atoms with Crippen LogP contribution >= 0.6 is 0 Å². The second-order valence-electron chi connectivity index (χ2n) is 4.06. The van der Waals surface area contributed by atoms with Gasteiger partial charge in [0, 0.05) is 5.56 Å². The van der Waals surface area contributed by atoms with Crippen molar-refractivity contribution in [3.05, 3.63) is 35.4 Å². The van der Waals surface area contributed by atoms with E-state index in [0.717, 1.165) is 5.56 Å². The monoisotopic (exact) mass is 207 g/mol. The zero-order valence-electron chi connectivity index (χ0n) is 9.61. The summed E-state index contributed by atoms with van der Waals surface area (Å²) in [6, 6.07) is 7.26. The van der Waals surface area contributed by atoms with Crippen molar-refractivity contribution < 1.29 is 9.90 Å². The molecule has 82 valence electrons. The quantitative estimate of drug-likeness (QED) is 0.602. The van der Waals surface area contributed by atoms with Crippen molar-refractivity contribution >= 4 is 5.78 Å². The van der Waals surface area contributed by atoms with E-state index in [1.807, 2.05) is 19.1 Å². The molecule has 0 saturated heterocycles. The highest BCUT2D eigenvalue weighted by Crippen LogP contribution is 2.18. The zero-order valence-corrected chi connectivity index (χ0v) is 9.61. The molecule has 0 aliphatic heterocycles. The Labute approximate surface area is 90.3 Å². The third-order valence-electron chi connectivity index (χ3n) is 2.69. The molecule has 0 heterocycles. The predicted molar refractivity (Wildman–Crippen MR) is 59.8 cm³/mol. The molecule has 15 heavy (non-hydrogen) atoms. The maximum atomic E-state index is 12.0. The summed E-state index contributed by atoms with van der Waals surface area (Å²) in [5, 5.41) is 10.0. The molecule has 0 fully saturated rings. The Kier molecular flexibility index (Phi) is 3.27. The van der Waals surface area contributed by atoms with E-state index in [1.165, 1.54) is 11.8 Å². The molecule has 0 spiro atoms. The van der Waals surface area contributed by atoms with Crippen LogP contribution in [0.5, 0.6) is 0 Å². The molecule has 0 aliphatic rings. The minimum absolute atomic E-state index is 0.273. The van der Waals surface area contributed by atoms with Gasteiger partial charge in [-0.15, -0.1) is 0 Å². The smallest absolute Gasteiger partial charge is 0.209 e. The van der Waals surface area contributed by atoms with Crippen molar-refractivity contribution in [3.8, 4) is 0 Å². The van der Waals surface area contributed by atoms with Gasteiger partial charge in [-0.05, 0) is 33.5 Å². The van der Waals surface area contributed by atoms with Gasteiger partial charge in [0.2, 0.25) is 5.78 Å². The van der Waals surface area contributed by atoms with Gasteiger partial charge in [0.1, 0.15) is 0 Å². The van der Waals surface area contributed by atoms with E-state index in [4.69, 9.17) is 0 Å². The molecule has 1 aromatic rings. The van der Waals surface area contributed by atoms with Crippen molar-refractivity contribution in [1.82, 2.24) is 4.90 Å². The average molecular weight is 207 g/mol. The highest BCUT2D eigenvalue weighted by Gasteiger charge is 2.33. The Balaban J connectivity index is 3.11. The predicted octanol–water partition coefficient (Wildman–Crippen LogP) is 1.45. The number of Topliss-reactive ketones (excluding diaryl/α,β-unsaturated/α-hetero) is 1. The highest BCUT2D eigenvalue weighted by atomic mass is 16.3. The number of aliphatic hydroxyl groups is 1. The van der Waals surface area contributed by atoms with Gasteiger partial charge < -0.3 is 5.11 Å². The van der Waals surface area contributed by atoms with Crippen LogP contribution in [0.3, 0.4) is 0 Å². The molecule has 0 aromatic heterocycles. The van der Waals surface area contributed by atoms with Crippen molar-refractivity contribution in [2.45, 2.75) is 19.6 Å². The number of hydrogen-bond acceptors (Lipinski definition) is 3. The van der Waals surface area contributed by atoms with Crippen LogP contribution in [0.4, 0.5) is 0 Å². The maximum absolute atomic E-state index is 12.0. The molecule has 0 radical (unpaired) electrons. The van der Waals surface area contributed by atoms with Gasteiger partial charge in [-0.1, -0.05) is 24.3 Å². The average Bonchev–Trinajstić information content (AvgIpc) is 2.17. The molecule has 0 aliphatic carbocycles. The standard InChI is InChI=1S/C12H17NO2/c1-9-7-5-6-8-10(9)11(14)12(2,15)13(3)4/h5-8,15H,1-4H3. The minimum Gasteiger partial charge on any atom is -0.369 e. The first-order valence-corrected chi connectivity index (χ1v) is 4.87. The number of nitrogens with zero attached hydrogens (tertiary/aromatic N) is 1. The fourth-order valence-corrected chi connectivity index (χ4v) is 1.29. The normalized spacial score (nSPS) is 15.1. The SMILES string of the molecule is Cc1ccccc1C(=O)C(C)(O)N(C)C. The minimum atomic E-state index is -1.45. The van der Waals surface area contributed by atoms with Crippen LogP contribution in [-0.2, 0) is 0 Å². The number of hydrogen-bond donors (Lipinski definition) is 1. The highest BCUT2D eigenvalue weighted by molar-refractivity contribution is 6.02. The van der Waals surface area contributed by atoms with Crippen LogP contribution < -0.4 is 0 Å². The van der Waals surface area contributed by atoms with Gasteiger partial charge in [-0.2, -0.15) is 0 Å². The Bertz CT molecular complexity index is 370. The van der Waals surface area contributed by atoms with Crippen molar-refractivity contribution in [3.63, 3.8) is 0 Å². The van der Waals surface area contributed by atoms with E-state index in [9.17, 15) is 9.90 Å². The van der Waals surface area contributed by atoms with Crippen molar-refractivity contribution in [2.24, 2.45) is 0 Å². The molecule has 3 nitrogen and oxygen atoms in total. The number of likely N-dealkylation sites (N-methyl/N-ethyl adjacent to an activating group) is 1. The Morgan fingerprint density at radius 2 is 1.87 bits per heavy atom. The van der Waals surface area contributed by atoms with E-state index in [-0.39, 0.29) is 5.78 Å². The lowest BCUT2D eigenvalue weighted by atomic mass is 9.97. The van der Waals surface area contributed by atoms with Gasteiger partial charge in [0.15, 0.2) is 5.72 Å². The van der Waals surface area contributed by atoms with E-state index < -0.39 is 5.72 Å². The summed E-state index contributed by atoms with van der Waals surface area (Å²) < 4.78 is 0. The largest absolute Gasteiger partial charge is 0.369 e. The third-order valence-corrected chi connectivity index (χ3v) is 2.69. The maximum Gasteiger partial charge on any atom is 0.209 e. The van der Waals surface area contributed by atoms with Gasteiger partial charge in [0.25, 0.3) is 0 Å². The number of carbonyl (C=O) groups is 1. The summed E-state index contributed by atoms with van der Waals surface area (Å²) in [6.45, 7) is 3.36. The third kappa shape index (κ3) is 2.25. The topological polar surface area (TPSA) is 40.5 Å². The molecule has 3 heteroatoms. The molecule has 1 unspecified atom stereocenters. The fraction of sp³-hybridized carbons (Fsp3) is 0.417. The first kappa shape index (κ1) is 11.9. The lowest BCUT2D eigenvalue weighted by molar-refractivity contribution is -0.0383. The molecular formula is C12H17NO2. The Morgan fingerprint density at radius 1 is 1.33 bits per heavy atom. The van der Waals surface area contributed by atoms with Crippen LogP contribution in [0.25, 0.3) is 0 Å². The molecule has 0 amide bonds. The van der Waals surface area contributed by atoms with E-state index in [2.05, 4.69) is 0 Å². The van der Waals surface area contributed by atoms with Gasteiger partial charge in [-0.25, -0.2) is 0 Å². The Morgan fingerprint density at radius 3 is 2.33 bits per heavy atom. The van der Waals surface area contributed by atoms with Crippen LogP contribution in [-0.4, -0.2) is 35.6 Å². The lowest BCUT2D eigenvalue weighted by Crippen LogP contribution is -2.48. The first-order chi connectivity index (χ1) is 6.87. The number of benzene rings is 1. The van der Waals surface area contributed by atoms with Crippen LogP contribution in [0.2, 0.25) is 0 Å². The van der Waals surface area contributed by atoms with Crippen LogP contribution in [0, 0.1) is 6.92 Å². The summed E-state index contributed by atoms with van der Waals surface area (Å²) in [7, 11) is 3.35. The summed E-state index contributed by atoms with van der Waals surface area (Å²) in [4.78, 5) is 13.5. The second kappa shape index (κ2) is 4.13. The molecule has 0 saturated carbocycles. The molecule has 1 aromatic carbocycles. The second-order valence-corrected chi connectivity index (χ2v) is 4.06. The number of aryl methyl sites for hydroxylation is 1. The van der Waals surface area contributed by atoms with Crippen molar-refractivity contribution in [1.29, 1.82) is 0 Å². The molecular weight excluding hydrogens is 190 g/mol. The number of carbonyl (C=O) groups excluding carboxylic acids is 1. The summed E-state index contributed by atoms with van der Waals surface area (Å²) >= 11 is 0. The van der Waals surface area contributed by atoms with E-state index in [0.29, 0.717) is 5.56 Å². The molecule has 1 rings (SSSR count). The summed E-state index contributed by atoms with van der Waals surface area (Å²) in [5.74, 6) is -0.273. The van der Waals surface area contributed by atoms with Gasteiger partial charge in [0.05, 0.1) is 0 Å². The lowest BCUT2D eigenvalue weighted by Gasteiger charge is -2.29. The molecule has 1 N–H and O–H groups in total. The van der Waals surface area contributed by atoms with Gasteiger partial charge in [-0.3, -0.25) is 9.69 Å². The van der Waals surface area contributed by atoms with Gasteiger partial charge >= 0.3 is 0 Å². The number of ketones is 1.